The Balaban J connectivity index is 2.25. The molecule has 1 N–H and O–H groups in total. The fourth-order valence-corrected chi connectivity index (χ4v) is 1.90. The van der Waals surface area contributed by atoms with Crippen molar-refractivity contribution in [2.24, 2.45) is 0 Å². The molecular weight excluding hydrogens is 205 g/mol. The monoisotopic (exact) mass is 221 g/mol. The number of nitrogens with one attached hydrogen (secondary N) is 1. The van der Waals surface area contributed by atoms with Crippen LogP contribution in [0.3, 0.4) is 0 Å². The summed E-state index contributed by atoms with van der Waals surface area (Å²) in [5.74, 6) is -0.290. The van der Waals surface area contributed by atoms with Crippen LogP contribution in [0.15, 0.2) is 28.9 Å². The molecule has 0 aliphatic rings. The molecule has 0 unspecified atom stereocenters. The highest BCUT2D eigenvalue weighted by Gasteiger charge is 2.08. The zero-order chi connectivity index (χ0) is 11.5. The van der Waals surface area contributed by atoms with E-state index in [0.29, 0.717) is 17.0 Å². The first kappa shape index (κ1) is 11.1. The molecule has 1 aromatic heterocycles. The van der Waals surface area contributed by atoms with Crippen LogP contribution in [-0.4, -0.2) is 13.1 Å². The van der Waals surface area contributed by atoms with Gasteiger partial charge in [0.15, 0.2) is 5.82 Å². The molecule has 1 heterocycles. The molecule has 1 atom stereocenters. The fraction of sp³-hybridized carbons (Fsp3) is 0.385. The summed E-state index contributed by atoms with van der Waals surface area (Å²) in [6, 6.07) is 6.11. The Kier molecular flexibility index (Phi) is 3.25. The van der Waals surface area contributed by atoms with Gasteiger partial charge in [-0.15, -0.1) is 0 Å². The maximum absolute atomic E-state index is 13.2. The van der Waals surface area contributed by atoms with Crippen molar-refractivity contribution in [2.45, 2.75) is 25.8 Å². The lowest BCUT2D eigenvalue weighted by molar-refractivity contribution is 0.542. The first-order valence-corrected chi connectivity index (χ1v) is 5.57. The van der Waals surface area contributed by atoms with Gasteiger partial charge in [-0.1, -0.05) is 13.0 Å². The van der Waals surface area contributed by atoms with Gasteiger partial charge in [-0.3, -0.25) is 0 Å². The number of likely N-dealkylation sites (N-methyl/N-ethyl adjacent to an activating group) is 1. The normalized spacial score (nSPS) is 13.2. The van der Waals surface area contributed by atoms with Gasteiger partial charge < -0.3 is 9.73 Å². The second kappa shape index (κ2) is 4.66. The van der Waals surface area contributed by atoms with Crippen molar-refractivity contribution in [1.82, 2.24) is 5.32 Å². The lowest BCUT2D eigenvalue weighted by atomic mass is 10.0. The molecule has 0 saturated carbocycles. The molecular formula is C13H16FNO. The van der Waals surface area contributed by atoms with Crippen LogP contribution in [-0.2, 0) is 6.42 Å². The van der Waals surface area contributed by atoms with Gasteiger partial charge in [0.2, 0.25) is 0 Å². The van der Waals surface area contributed by atoms with E-state index in [1.165, 1.54) is 5.56 Å². The van der Waals surface area contributed by atoms with Crippen LogP contribution in [0.5, 0.6) is 0 Å². The average Bonchev–Trinajstić information content (AvgIpc) is 2.68. The van der Waals surface area contributed by atoms with Crippen LogP contribution in [0, 0.1) is 5.82 Å². The topological polar surface area (TPSA) is 25.2 Å². The maximum Gasteiger partial charge on any atom is 0.169 e. The fourth-order valence-electron chi connectivity index (χ4n) is 1.90. The van der Waals surface area contributed by atoms with Crippen molar-refractivity contribution in [3.05, 3.63) is 35.8 Å². The molecule has 0 radical (unpaired) electrons. The van der Waals surface area contributed by atoms with Gasteiger partial charge in [0.25, 0.3) is 0 Å². The minimum Gasteiger partial charge on any atom is -0.461 e. The molecule has 0 spiro atoms. The highest BCUT2D eigenvalue weighted by Crippen LogP contribution is 2.21. The Morgan fingerprint density at radius 1 is 1.44 bits per heavy atom. The highest BCUT2D eigenvalue weighted by molar-refractivity contribution is 5.78. The molecule has 0 aliphatic carbocycles. The summed E-state index contributed by atoms with van der Waals surface area (Å²) in [6.07, 6.45) is 3.16. The third-order valence-corrected chi connectivity index (χ3v) is 2.98. The Labute approximate surface area is 94.4 Å². The van der Waals surface area contributed by atoms with E-state index in [0.717, 1.165) is 19.1 Å². The molecule has 0 aliphatic heterocycles. The molecule has 0 fully saturated rings. The summed E-state index contributed by atoms with van der Waals surface area (Å²) in [7, 11) is 1.96. The molecule has 2 aromatic rings. The Morgan fingerprint density at radius 2 is 2.25 bits per heavy atom. The predicted octanol–water partition coefficient (Wildman–Crippen LogP) is 3.11. The Morgan fingerprint density at radius 3 is 2.94 bits per heavy atom. The molecule has 0 amide bonds. The van der Waals surface area contributed by atoms with E-state index < -0.39 is 0 Å². The Bertz CT molecular complexity index is 474. The standard InChI is InChI=1S/C13H16FNO/c1-3-10(15-2)6-9-4-5-11-12(14)8-16-13(11)7-9/h4-5,7-8,10,15H,3,6H2,1-2H3/t10-/m1/s1. The summed E-state index contributed by atoms with van der Waals surface area (Å²) in [4.78, 5) is 0. The summed E-state index contributed by atoms with van der Waals surface area (Å²) in [5, 5.41) is 3.81. The van der Waals surface area contributed by atoms with Gasteiger partial charge in [-0.25, -0.2) is 4.39 Å². The molecule has 2 nitrogen and oxygen atoms in total. The summed E-state index contributed by atoms with van der Waals surface area (Å²) < 4.78 is 18.3. The van der Waals surface area contributed by atoms with E-state index in [4.69, 9.17) is 4.42 Å². The zero-order valence-electron chi connectivity index (χ0n) is 9.59. The first-order chi connectivity index (χ1) is 7.74. The van der Waals surface area contributed by atoms with Gasteiger partial charge in [0, 0.05) is 6.04 Å². The first-order valence-electron chi connectivity index (χ1n) is 5.57. The van der Waals surface area contributed by atoms with Crippen LogP contribution in [0.4, 0.5) is 4.39 Å². The minimum atomic E-state index is -0.290. The lowest BCUT2D eigenvalue weighted by Crippen LogP contribution is -2.26. The summed E-state index contributed by atoms with van der Waals surface area (Å²) in [6.45, 7) is 2.15. The number of hydrogen-bond acceptors (Lipinski definition) is 2. The number of hydrogen-bond donors (Lipinski definition) is 1. The van der Waals surface area contributed by atoms with E-state index in [1.807, 2.05) is 19.2 Å². The van der Waals surface area contributed by atoms with Gasteiger partial charge >= 0.3 is 0 Å². The van der Waals surface area contributed by atoms with Gasteiger partial charge in [0.05, 0.1) is 5.39 Å². The third kappa shape index (κ3) is 2.09. The number of fused-ring (bicyclic) bond motifs is 1. The van der Waals surface area contributed by atoms with E-state index in [1.54, 1.807) is 6.07 Å². The van der Waals surface area contributed by atoms with E-state index in [9.17, 15) is 4.39 Å². The van der Waals surface area contributed by atoms with Crippen LogP contribution >= 0.6 is 0 Å². The molecule has 16 heavy (non-hydrogen) atoms. The molecule has 2 rings (SSSR count). The quantitative estimate of drug-likeness (QED) is 0.858. The van der Waals surface area contributed by atoms with Gasteiger partial charge in [-0.2, -0.15) is 0 Å². The van der Waals surface area contributed by atoms with Crippen molar-refractivity contribution in [3.63, 3.8) is 0 Å². The SMILES string of the molecule is CC[C@H](Cc1ccc2c(F)coc2c1)NC. The minimum absolute atomic E-state index is 0.290. The van der Waals surface area contributed by atoms with Crippen molar-refractivity contribution < 1.29 is 8.81 Å². The van der Waals surface area contributed by atoms with Crippen molar-refractivity contribution in [2.75, 3.05) is 7.05 Å². The number of furan rings is 1. The largest absolute Gasteiger partial charge is 0.461 e. The van der Waals surface area contributed by atoms with Crippen LogP contribution in [0.25, 0.3) is 11.0 Å². The van der Waals surface area contributed by atoms with Crippen LogP contribution in [0.1, 0.15) is 18.9 Å². The predicted molar refractivity (Wildman–Crippen MR) is 63.0 cm³/mol. The van der Waals surface area contributed by atoms with Crippen LogP contribution < -0.4 is 5.32 Å². The third-order valence-electron chi connectivity index (χ3n) is 2.98. The van der Waals surface area contributed by atoms with Gasteiger partial charge in [-0.05, 0) is 37.6 Å². The number of benzene rings is 1. The van der Waals surface area contributed by atoms with Crippen molar-refractivity contribution in [3.8, 4) is 0 Å². The summed E-state index contributed by atoms with van der Waals surface area (Å²) in [5.41, 5.74) is 1.80. The van der Waals surface area contributed by atoms with E-state index in [-0.39, 0.29) is 5.82 Å². The lowest BCUT2D eigenvalue weighted by Gasteiger charge is -2.13. The molecule has 3 heteroatoms. The molecule has 0 bridgehead atoms. The smallest absolute Gasteiger partial charge is 0.169 e. The number of rotatable bonds is 4. The second-order valence-corrected chi connectivity index (χ2v) is 4.01. The maximum atomic E-state index is 13.2. The van der Waals surface area contributed by atoms with E-state index >= 15 is 0 Å². The highest BCUT2D eigenvalue weighted by atomic mass is 19.1. The van der Waals surface area contributed by atoms with Crippen molar-refractivity contribution in [1.29, 1.82) is 0 Å². The molecule has 0 saturated heterocycles. The molecule has 1 aromatic carbocycles. The molecule has 86 valence electrons. The zero-order valence-corrected chi connectivity index (χ0v) is 9.59. The Hall–Kier alpha value is -1.35. The number of halogens is 1. The summed E-state index contributed by atoms with van der Waals surface area (Å²) >= 11 is 0. The average molecular weight is 221 g/mol. The van der Waals surface area contributed by atoms with Gasteiger partial charge in [0.1, 0.15) is 11.8 Å². The van der Waals surface area contributed by atoms with Crippen LogP contribution in [0.2, 0.25) is 0 Å². The second-order valence-electron chi connectivity index (χ2n) is 4.01. The van der Waals surface area contributed by atoms with Crippen molar-refractivity contribution >= 4 is 11.0 Å². The van der Waals surface area contributed by atoms with E-state index in [2.05, 4.69) is 12.2 Å².